The van der Waals surface area contributed by atoms with E-state index in [1.807, 2.05) is 6.92 Å². The summed E-state index contributed by atoms with van der Waals surface area (Å²) < 4.78 is 29.6. The molecule has 0 heterocycles. The normalized spacial score (nSPS) is 10.8. The molecule has 2 amide bonds. The number of rotatable bonds is 4. The lowest BCUT2D eigenvalue weighted by Gasteiger charge is -2.02. The highest BCUT2D eigenvalue weighted by Gasteiger charge is 2.07. The molecular formula is C5H12N2O4S. The molecule has 0 aliphatic rings. The first-order valence-corrected chi connectivity index (χ1v) is 4.92. The minimum absolute atomic E-state index is 0.387. The van der Waals surface area contributed by atoms with E-state index in [-0.39, 0.29) is 0 Å². The molecule has 0 unspecified atom stereocenters. The van der Waals surface area contributed by atoms with E-state index >= 15 is 0 Å². The topological polar surface area (TPSA) is 95.5 Å². The maximum atomic E-state index is 10.6. The Morgan fingerprint density at radius 3 is 2.50 bits per heavy atom. The maximum Gasteiger partial charge on any atom is 0.361 e. The molecule has 0 saturated heterocycles. The third kappa shape index (κ3) is 7.29. The second-order valence-electron chi connectivity index (χ2n) is 2.19. The molecule has 3 N–H and O–H groups in total. The zero-order valence-corrected chi connectivity index (χ0v) is 7.52. The smallest absolute Gasteiger partial charge is 0.337 e. The molecule has 7 heteroatoms. The van der Waals surface area contributed by atoms with Gasteiger partial charge >= 0.3 is 16.3 Å². The van der Waals surface area contributed by atoms with Crippen LogP contribution in [0.2, 0.25) is 0 Å². The van der Waals surface area contributed by atoms with Crippen LogP contribution in [-0.4, -0.2) is 25.5 Å². The van der Waals surface area contributed by atoms with Crippen LogP contribution < -0.4 is 10.0 Å². The highest BCUT2D eigenvalue weighted by Crippen LogP contribution is 1.82. The molecule has 0 atom stereocenters. The van der Waals surface area contributed by atoms with Crippen LogP contribution in [0, 0.1) is 0 Å². The van der Waals surface area contributed by atoms with Crippen molar-refractivity contribution < 1.29 is 17.8 Å². The molecule has 0 aromatic carbocycles. The Labute approximate surface area is 71.2 Å². The van der Waals surface area contributed by atoms with Crippen LogP contribution in [0.3, 0.4) is 0 Å². The molecule has 0 fully saturated rings. The molecular weight excluding hydrogens is 184 g/mol. The molecule has 0 aromatic heterocycles. The predicted octanol–water partition coefficient (Wildman–Crippen LogP) is -0.111. The summed E-state index contributed by atoms with van der Waals surface area (Å²) in [4.78, 5) is 10.6. The molecule has 0 bridgehead atoms. The van der Waals surface area contributed by atoms with E-state index in [4.69, 9.17) is 4.55 Å². The summed E-state index contributed by atoms with van der Waals surface area (Å²) in [6.07, 6.45) is 1.66. The highest BCUT2D eigenvalue weighted by atomic mass is 32.2. The Bertz CT molecular complexity index is 236. The lowest BCUT2D eigenvalue weighted by Crippen LogP contribution is -2.39. The average molecular weight is 196 g/mol. The van der Waals surface area contributed by atoms with Crippen LogP contribution in [0.15, 0.2) is 0 Å². The molecule has 72 valence electrons. The fourth-order valence-corrected chi connectivity index (χ4v) is 0.838. The lowest BCUT2D eigenvalue weighted by atomic mass is 10.3. The molecule has 0 rings (SSSR count). The quantitative estimate of drug-likeness (QED) is 0.431. The van der Waals surface area contributed by atoms with Gasteiger partial charge in [0.05, 0.1) is 0 Å². The number of unbranched alkanes of at least 4 members (excludes halogenated alkanes) is 1. The molecule has 12 heavy (non-hydrogen) atoms. The van der Waals surface area contributed by atoms with Crippen molar-refractivity contribution >= 4 is 16.3 Å². The molecule has 0 radical (unpaired) electrons. The van der Waals surface area contributed by atoms with E-state index in [9.17, 15) is 13.2 Å². The van der Waals surface area contributed by atoms with Crippen molar-refractivity contribution in [2.75, 3.05) is 6.54 Å². The largest absolute Gasteiger partial charge is 0.361 e. The second-order valence-corrected chi connectivity index (χ2v) is 3.34. The van der Waals surface area contributed by atoms with E-state index in [1.165, 1.54) is 4.72 Å². The third-order valence-electron chi connectivity index (χ3n) is 1.04. The van der Waals surface area contributed by atoms with Gasteiger partial charge in [-0.05, 0) is 6.42 Å². The van der Waals surface area contributed by atoms with E-state index in [0.717, 1.165) is 12.8 Å². The molecule has 0 aromatic rings. The van der Waals surface area contributed by atoms with Gasteiger partial charge in [-0.2, -0.15) is 8.42 Å². The minimum Gasteiger partial charge on any atom is -0.337 e. The van der Waals surface area contributed by atoms with Gasteiger partial charge < -0.3 is 5.32 Å². The summed E-state index contributed by atoms with van der Waals surface area (Å²) >= 11 is 0. The van der Waals surface area contributed by atoms with Gasteiger partial charge in [-0.3, -0.25) is 4.55 Å². The van der Waals surface area contributed by atoms with Gasteiger partial charge in [-0.25, -0.2) is 9.52 Å². The van der Waals surface area contributed by atoms with Crippen molar-refractivity contribution in [3.63, 3.8) is 0 Å². The van der Waals surface area contributed by atoms with E-state index in [0.29, 0.717) is 6.54 Å². The first kappa shape index (κ1) is 11.2. The number of nitrogens with one attached hydrogen (secondary N) is 2. The fourth-order valence-electron chi connectivity index (χ4n) is 0.532. The summed E-state index contributed by atoms with van der Waals surface area (Å²) in [5, 5.41) is 2.25. The monoisotopic (exact) mass is 196 g/mol. The van der Waals surface area contributed by atoms with Crippen molar-refractivity contribution in [2.24, 2.45) is 0 Å². The van der Waals surface area contributed by atoms with Crippen molar-refractivity contribution in [1.82, 2.24) is 10.0 Å². The summed E-state index contributed by atoms with van der Waals surface area (Å²) in [6.45, 7) is 2.32. The fraction of sp³-hybridized carbons (Fsp3) is 0.800. The van der Waals surface area contributed by atoms with Crippen LogP contribution in [0.1, 0.15) is 19.8 Å². The maximum absolute atomic E-state index is 10.6. The zero-order chi connectivity index (χ0) is 9.61. The van der Waals surface area contributed by atoms with Gasteiger partial charge in [-0.1, -0.05) is 13.3 Å². The summed E-state index contributed by atoms with van der Waals surface area (Å²) in [6, 6.07) is -0.911. The molecule has 0 aliphatic carbocycles. The first-order chi connectivity index (χ1) is 5.45. The Hall–Kier alpha value is -0.820. The number of urea groups is 1. The number of carbonyl (C=O) groups excluding carboxylic acids is 1. The Morgan fingerprint density at radius 2 is 2.08 bits per heavy atom. The van der Waals surface area contributed by atoms with Crippen molar-refractivity contribution in [2.45, 2.75) is 19.8 Å². The van der Waals surface area contributed by atoms with Gasteiger partial charge in [0, 0.05) is 6.54 Å². The Kier molecular flexibility index (Phi) is 4.60. The molecule has 6 nitrogen and oxygen atoms in total. The summed E-state index contributed by atoms with van der Waals surface area (Å²) in [5.41, 5.74) is 0. The van der Waals surface area contributed by atoms with Crippen LogP contribution in [0.5, 0.6) is 0 Å². The SMILES string of the molecule is CCCCNC(=O)NS(=O)(=O)O. The Balaban J connectivity index is 3.62. The van der Waals surface area contributed by atoms with Crippen LogP contribution in [0.4, 0.5) is 4.79 Å². The van der Waals surface area contributed by atoms with Gasteiger partial charge in [0.15, 0.2) is 0 Å². The van der Waals surface area contributed by atoms with E-state index in [1.54, 1.807) is 0 Å². The number of amides is 2. The second kappa shape index (κ2) is 4.94. The Morgan fingerprint density at radius 1 is 1.50 bits per heavy atom. The molecule has 0 saturated carbocycles. The number of carbonyl (C=O) groups is 1. The molecule has 0 spiro atoms. The van der Waals surface area contributed by atoms with Crippen LogP contribution >= 0.6 is 0 Å². The average Bonchev–Trinajstić information content (AvgIpc) is 1.84. The van der Waals surface area contributed by atoms with Crippen molar-refractivity contribution in [1.29, 1.82) is 0 Å². The lowest BCUT2D eigenvalue weighted by molar-refractivity contribution is 0.245. The van der Waals surface area contributed by atoms with Crippen LogP contribution in [-0.2, 0) is 10.3 Å². The summed E-state index contributed by atoms with van der Waals surface area (Å²) in [7, 11) is -4.42. The van der Waals surface area contributed by atoms with E-state index in [2.05, 4.69) is 5.32 Å². The van der Waals surface area contributed by atoms with Gasteiger partial charge in [0.2, 0.25) is 0 Å². The zero-order valence-electron chi connectivity index (χ0n) is 6.70. The number of hydrogen-bond donors (Lipinski definition) is 3. The van der Waals surface area contributed by atoms with Gasteiger partial charge in [0.1, 0.15) is 0 Å². The van der Waals surface area contributed by atoms with Gasteiger partial charge in [0.25, 0.3) is 0 Å². The summed E-state index contributed by atoms with van der Waals surface area (Å²) in [5.74, 6) is 0. The van der Waals surface area contributed by atoms with Crippen molar-refractivity contribution in [3.8, 4) is 0 Å². The highest BCUT2D eigenvalue weighted by molar-refractivity contribution is 7.84. The number of hydrogen-bond acceptors (Lipinski definition) is 3. The predicted molar refractivity (Wildman–Crippen MR) is 43.0 cm³/mol. The van der Waals surface area contributed by atoms with Crippen molar-refractivity contribution in [3.05, 3.63) is 0 Å². The first-order valence-electron chi connectivity index (χ1n) is 3.48. The minimum atomic E-state index is -4.42. The standard InChI is InChI=1S/C5H12N2O4S/c1-2-3-4-6-5(8)7-12(9,10)11/h2-4H2,1H3,(H2,6,7,8)(H,9,10,11). The molecule has 0 aliphatic heterocycles. The van der Waals surface area contributed by atoms with Gasteiger partial charge in [-0.15, -0.1) is 0 Å². The van der Waals surface area contributed by atoms with Crippen LogP contribution in [0.25, 0.3) is 0 Å². The third-order valence-corrected chi connectivity index (χ3v) is 1.48. The van der Waals surface area contributed by atoms with E-state index < -0.39 is 16.3 Å².